The van der Waals surface area contributed by atoms with Gasteiger partial charge in [0.05, 0.1) is 5.56 Å². The maximum Gasteiger partial charge on any atom is 0.278 e. The van der Waals surface area contributed by atoms with Crippen LogP contribution in [0.3, 0.4) is 0 Å². The van der Waals surface area contributed by atoms with E-state index in [2.05, 4.69) is 4.98 Å². The van der Waals surface area contributed by atoms with E-state index in [0.29, 0.717) is 0 Å². The fraction of sp³-hybridized carbons (Fsp3) is 0.167. The summed E-state index contributed by atoms with van der Waals surface area (Å²) < 4.78 is 46.3. The van der Waals surface area contributed by atoms with E-state index in [1.165, 1.54) is 0 Å². The molecule has 1 rings (SSSR count). The smallest absolute Gasteiger partial charge is 0.278 e. The number of nitrogens with zero attached hydrogens (tertiary/aromatic N) is 1. The van der Waals surface area contributed by atoms with E-state index in [9.17, 15) is 17.2 Å². The van der Waals surface area contributed by atoms with E-state index in [1.807, 2.05) is 0 Å². The molecule has 0 bridgehead atoms. The molecule has 1 heterocycles. The molecule has 4 nitrogen and oxygen atoms in total. The minimum atomic E-state index is -4.14. The van der Waals surface area contributed by atoms with Crippen LogP contribution in [0.5, 0.6) is 0 Å². The van der Waals surface area contributed by atoms with Crippen LogP contribution < -0.4 is 5.73 Å². The summed E-state index contributed by atoms with van der Waals surface area (Å²) in [6.07, 6.45) is -2.93. The van der Waals surface area contributed by atoms with Gasteiger partial charge in [-0.15, -0.1) is 0 Å². The molecule has 0 radical (unpaired) electrons. The molecule has 0 aromatic carbocycles. The molecule has 0 unspecified atom stereocenters. The minimum Gasteiger partial charge on any atom is -0.398 e. The van der Waals surface area contributed by atoms with Crippen molar-refractivity contribution >= 4 is 37.0 Å². The number of hydrogen-bond acceptors (Lipinski definition) is 4. The lowest BCUT2D eigenvalue weighted by molar-refractivity contribution is 0.152. The summed E-state index contributed by atoms with van der Waals surface area (Å²) in [7, 11) is 0.804. The van der Waals surface area contributed by atoms with Gasteiger partial charge in [-0.1, -0.05) is 11.6 Å². The zero-order valence-corrected chi connectivity index (χ0v) is 9.24. The van der Waals surface area contributed by atoms with E-state index in [-0.39, 0.29) is 0 Å². The summed E-state index contributed by atoms with van der Waals surface area (Å²) in [5.74, 6) is 0. The zero-order chi connectivity index (χ0) is 11.8. The molecular formula is C6H4Cl2F2N2O2S. The summed E-state index contributed by atoms with van der Waals surface area (Å²) in [6.45, 7) is 0. The van der Waals surface area contributed by atoms with Crippen LogP contribution in [-0.2, 0) is 9.05 Å². The van der Waals surface area contributed by atoms with Gasteiger partial charge < -0.3 is 5.73 Å². The van der Waals surface area contributed by atoms with E-state index in [0.717, 1.165) is 6.07 Å². The van der Waals surface area contributed by atoms with Crippen molar-refractivity contribution in [1.29, 1.82) is 0 Å². The third-order valence-corrected chi connectivity index (χ3v) is 2.96. The van der Waals surface area contributed by atoms with Crippen molar-refractivity contribution in [3.05, 3.63) is 16.8 Å². The van der Waals surface area contributed by atoms with Gasteiger partial charge >= 0.3 is 0 Å². The average molecular weight is 277 g/mol. The van der Waals surface area contributed by atoms with E-state index in [1.54, 1.807) is 0 Å². The Labute approximate surface area is 93.4 Å². The van der Waals surface area contributed by atoms with Crippen molar-refractivity contribution in [2.45, 2.75) is 11.5 Å². The van der Waals surface area contributed by atoms with E-state index < -0.39 is 36.9 Å². The number of alkyl halides is 2. The second kappa shape index (κ2) is 4.07. The van der Waals surface area contributed by atoms with Crippen molar-refractivity contribution in [3.8, 4) is 0 Å². The summed E-state index contributed by atoms with van der Waals surface area (Å²) in [5, 5.41) is -1.33. The van der Waals surface area contributed by atoms with Crippen LogP contribution >= 0.6 is 22.3 Å². The SMILES string of the molecule is Nc1cc(S(=O)(=O)Cl)nc(Cl)c1C(F)F. The van der Waals surface area contributed by atoms with E-state index in [4.69, 9.17) is 28.0 Å². The lowest BCUT2D eigenvalue weighted by Gasteiger charge is -2.07. The lowest BCUT2D eigenvalue weighted by atomic mass is 10.2. The lowest BCUT2D eigenvalue weighted by Crippen LogP contribution is -2.03. The molecule has 0 aliphatic heterocycles. The molecular weight excluding hydrogens is 273 g/mol. The Balaban J connectivity index is 3.45. The second-order valence-electron chi connectivity index (χ2n) is 2.49. The highest BCUT2D eigenvalue weighted by Crippen LogP contribution is 2.32. The largest absolute Gasteiger partial charge is 0.398 e. The number of hydrogen-bond donors (Lipinski definition) is 1. The van der Waals surface area contributed by atoms with Gasteiger partial charge in [-0.2, -0.15) is 0 Å². The van der Waals surface area contributed by atoms with Gasteiger partial charge in [0.1, 0.15) is 5.15 Å². The van der Waals surface area contributed by atoms with Crippen molar-refractivity contribution in [2.24, 2.45) is 0 Å². The second-order valence-corrected chi connectivity index (χ2v) is 5.36. The number of anilines is 1. The Bertz CT molecular complexity index is 469. The normalized spacial score (nSPS) is 12.1. The van der Waals surface area contributed by atoms with Crippen LogP contribution in [0.4, 0.5) is 14.5 Å². The number of nitrogen functional groups attached to an aromatic ring is 1. The fourth-order valence-electron chi connectivity index (χ4n) is 0.860. The topological polar surface area (TPSA) is 73.1 Å². The number of aromatic nitrogens is 1. The molecule has 0 saturated heterocycles. The van der Waals surface area contributed by atoms with Crippen molar-refractivity contribution in [1.82, 2.24) is 4.98 Å². The molecule has 0 fully saturated rings. The Morgan fingerprint density at radius 2 is 2.00 bits per heavy atom. The van der Waals surface area contributed by atoms with Gasteiger partial charge in [0.2, 0.25) is 0 Å². The molecule has 2 N–H and O–H groups in total. The highest BCUT2D eigenvalue weighted by Gasteiger charge is 2.22. The van der Waals surface area contributed by atoms with Crippen LogP contribution in [0.25, 0.3) is 0 Å². The fourth-order valence-corrected chi connectivity index (χ4v) is 1.90. The number of rotatable bonds is 2. The third-order valence-electron chi connectivity index (χ3n) is 1.49. The van der Waals surface area contributed by atoms with Crippen molar-refractivity contribution in [2.75, 3.05) is 5.73 Å². The Morgan fingerprint density at radius 3 is 2.33 bits per heavy atom. The number of pyridine rings is 1. The first-order valence-corrected chi connectivity index (χ1v) is 6.11. The van der Waals surface area contributed by atoms with Crippen LogP contribution in [0.2, 0.25) is 5.15 Å². The Kier molecular flexibility index (Phi) is 3.37. The zero-order valence-electron chi connectivity index (χ0n) is 6.92. The molecule has 9 heteroatoms. The van der Waals surface area contributed by atoms with Gasteiger partial charge in [-0.25, -0.2) is 22.2 Å². The highest BCUT2D eigenvalue weighted by molar-refractivity contribution is 8.13. The summed E-state index contributed by atoms with van der Waals surface area (Å²) >= 11 is 5.34. The van der Waals surface area contributed by atoms with Crippen LogP contribution in [-0.4, -0.2) is 13.4 Å². The summed E-state index contributed by atoms with van der Waals surface area (Å²) in [5.41, 5.74) is 4.02. The summed E-state index contributed by atoms with van der Waals surface area (Å²) in [4.78, 5) is 3.21. The van der Waals surface area contributed by atoms with Gasteiger partial charge in [-0.05, 0) is 0 Å². The quantitative estimate of drug-likeness (QED) is 0.664. The predicted octanol–water partition coefficient (Wildman–Crippen LogP) is 2.18. The molecule has 0 spiro atoms. The van der Waals surface area contributed by atoms with Gasteiger partial charge in [0, 0.05) is 22.4 Å². The average Bonchev–Trinajstić information content (AvgIpc) is 1.99. The molecule has 84 valence electrons. The monoisotopic (exact) mass is 276 g/mol. The molecule has 0 saturated carbocycles. The highest BCUT2D eigenvalue weighted by atomic mass is 35.7. The first-order valence-electron chi connectivity index (χ1n) is 3.42. The van der Waals surface area contributed by atoms with Crippen molar-refractivity contribution in [3.63, 3.8) is 0 Å². The van der Waals surface area contributed by atoms with Crippen molar-refractivity contribution < 1.29 is 17.2 Å². The molecule has 0 amide bonds. The van der Waals surface area contributed by atoms with Gasteiger partial charge in [0.25, 0.3) is 15.5 Å². The predicted molar refractivity (Wildman–Crippen MR) is 51.7 cm³/mol. The van der Waals surface area contributed by atoms with Gasteiger partial charge in [0.15, 0.2) is 5.03 Å². The molecule has 1 aromatic rings. The number of nitrogens with two attached hydrogens (primary N) is 1. The maximum absolute atomic E-state index is 12.3. The number of halogens is 4. The molecule has 15 heavy (non-hydrogen) atoms. The third kappa shape index (κ3) is 2.67. The van der Waals surface area contributed by atoms with Crippen LogP contribution in [0, 0.1) is 0 Å². The molecule has 1 aromatic heterocycles. The molecule has 0 aliphatic rings. The summed E-state index contributed by atoms with van der Waals surface area (Å²) in [6, 6.07) is 0.732. The standard InChI is InChI=1S/C6H4Cl2F2N2O2S/c7-5-4(6(9)10)2(11)1-3(12-5)15(8,13)14/h1,6H,(H2,11,12). The van der Waals surface area contributed by atoms with Crippen LogP contribution in [0.15, 0.2) is 11.1 Å². The van der Waals surface area contributed by atoms with Gasteiger partial charge in [-0.3, -0.25) is 0 Å². The first-order chi connectivity index (χ1) is 6.73. The molecule has 0 aliphatic carbocycles. The maximum atomic E-state index is 12.3. The first kappa shape index (κ1) is 12.4. The molecule has 0 atom stereocenters. The van der Waals surface area contributed by atoms with Crippen LogP contribution in [0.1, 0.15) is 12.0 Å². The Hall–Kier alpha value is -0.660. The Morgan fingerprint density at radius 1 is 1.47 bits per heavy atom. The van der Waals surface area contributed by atoms with E-state index >= 15 is 0 Å². The minimum absolute atomic E-state index is 0.468.